The Morgan fingerprint density at radius 2 is 2.19 bits per heavy atom. The number of carbonyl (C=O) groups is 1. The first-order valence-corrected chi connectivity index (χ1v) is 11.3. The van der Waals surface area contributed by atoms with Crippen LogP contribution in [0.5, 0.6) is 5.75 Å². The summed E-state index contributed by atoms with van der Waals surface area (Å²) in [5.74, 6) is 1.86. The van der Waals surface area contributed by atoms with Crippen molar-refractivity contribution >= 4 is 34.1 Å². The highest BCUT2D eigenvalue weighted by molar-refractivity contribution is 7.07. The van der Waals surface area contributed by atoms with Crippen molar-refractivity contribution in [3.05, 3.63) is 70.9 Å². The van der Waals surface area contributed by atoms with E-state index < -0.39 is 0 Å². The number of anilines is 1. The Morgan fingerprint density at radius 3 is 3.06 bits per heavy atom. The molecule has 8 heteroatoms. The summed E-state index contributed by atoms with van der Waals surface area (Å²) in [5.41, 5.74) is 5.39. The van der Waals surface area contributed by atoms with E-state index in [4.69, 9.17) is 9.72 Å². The third-order valence-electron chi connectivity index (χ3n) is 5.46. The van der Waals surface area contributed by atoms with Gasteiger partial charge in [-0.25, -0.2) is 14.8 Å². The number of hydrogen-bond acceptors (Lipinski definition) is 5. The third kappa shape index (κ3) is 4.54. The molecule has 1 fully saturated rings. The molecule has 2 aromatic heterocycles. The zero-order valence-corrected chi connectivity index (χ0v) is 17.8. The van der Waals surface area contributed by atoms with Crippen LogP contribution in [0.4, 0.5) is 10.5 Å². The van der Waals surface area contributed by atoms with Crippen molar-refractivity contribution < 1.29 is 9.53 Å². The molecule has 0 spiro atoms. The smallest absolute Gasteiger partial charge is 0.321 e. The number of nitrogens with one attached hydrogen (secondary N) is 2. The van der Waals surface area contributed by atoms with E-state index in [0.29, 0.717) is 24.6 Å². The lowest BCUT2D eigenvalue weighted by Gasteiger charge is -2.31. The molecule has 5 rings (SSSR count). The number of likely N-dealkylation sites (tertiary alicyclic amines) is 1. The highest BCUT2D eigenvalue weighted by Crippen LogP contribution is 2.27. The number of carbonyl (C=O) groups excluding carboxylic acids is 1. The van der Waals surface area contributed by atoms with E-state index in [-0.39, 0.29) is 11.9 Å². The van der Waals surface area contributed by atoms with Crippen LogP contribution in [0.25, 0.3) is 11.0 Å². The summed E-state index contributed by atoms with van der Waals surface area (Å²) in [6.45, 7) is 1.79. The Labute approximate surface area is 184 Å². The van der Waals surface area contributed by atoms with Gasteiger partial charge in [-0.15, -0.1) is 11.3 Å². The van der Waals surface area contributed by atoms with E-state index in [1.807, 2.05) is 58.8 Å². The zero-order chi connectivity index (χ0) is 21.0. The summed E-state index contributed by atoms with van der Waals surface area (Å²) in [6, 6.07) is 15.4. The van der Waals surface area contributed by atoms with Crippen LogP contribution in [0.2, 0.25) is 0 Å². The Kier molecular flexibility index (Phi) is 5.54. The van der Waals surface area contributed by atoms with Crippen LogP contribution in [0.1, 0.15) is 30.3 Å². The first-order chi connectivity index (χ1) is 15.2. The van der Waals surface area contributed by atoms with E-state index in [0.717, 1.165) is 41.9 Å². The molecule has 4 aromatic rings. The van der Waals surface area contributed by atoms with E-state index in [1.54, 1.807) is 16.8 Å². The zero-order valence-electron chi connectivity index (χ0n) is 17.0. The average Bonchev–Trinajstić information content (AvgIpc) is 3.48. The predicted molar refractivity (Wildman–Crippen MR) is 122 cm³/mol. The standard InChI is InChI=1S/C23H23N5O2S/c29-23(25-17-6-3-7-19(11-17)30-13-18-14-31-15-24-18)28-10-4-5-16(12-28)22-26-20-8-1-2-9-21(20)27-22/h1-3,6-9,11,14-16H,4-5,10,12-13H2,(H,25,29)(H,26,27). The molecule has 1 aliphatic rings. The number of piperidine rings is 1. The van der Waals surface area contributed by atoms with Crippen molar-refractivity contribution in [2.24, 2.45) is 0 Å². The second-order valence-electron chi connectivity index (χ2n) is 7.65. The molecule has 1 saturated heterocycles. The molecule has 2 aromatic carbocycles. The van der Waals surface area contributed by atoms with Gasteiger partial charge in [-0.1, -0.05) is 18.2 Å². The molecule has 0 aliphatic carbocycles. The first kappa shape index (κ1) is 19.6. The molecule has 1 atom stereocenters. The van der Waals surface area contributed by atoms with Crippen LogP contribution in [0, 0.1) is 0 Å². The molecular weight excluding hydrogens is 410 g/mol. The molecule has 0 saturated carbocycles. The fraction of sp³-hybridized carbons (Fsp3) is 0.261. The second-order valence-corrected chi connectivity index (χ2v) is 8.37. The average molecular weight is 434 g/mol. The van der Waals surface area contributed by atoms with Crippen LogP contribution in [-0.2, 0) is 6.61 Å². The number of para-hydroxylation sites is 2. The number of nitrogens with zero attached hydrogens (tertiary/aromatic N) is 3. The van der Waals surface area contributed by atoms with Crippen molar-refractivity contribution in [1.82, 2.24) is 19.9 Å². The van der Waals surface area contributed by atoms with Gasteiger partial charge in [0.15, 0.2) is 0 Å². The topological polar surface area (TPSA) is 83.1 Å². The van der Waals surface area contributed by atoms with Gasteiger partial charge in [0.1, 0.15) is 18.2 Å². The minimum atomic E-state index is -0.0996. The van der Waals surface area contributed by atoms with Gasteiger partial charge in [0.25, 0.3) is 0 Å². The number of imidazole rings is 1. The van der Waals surface area contributed by atoms with Gasteiger partial charge in [-0.2, -0.15) is 0 Å². The minimum absolute atomic E-state index is 0.0996. The fourth-order valence-electron chi connectivity index (χ4n) is 3.88. The molecule has 2 amide bonds. The van der Waals surface area contributed by atoms with Gasteiger partial charge >= 0.3 is 6.03 Å². The summed E-state index contributed by atoms with van der Waals surface area (Å²) in [6.07, 6.45) is 1.97. The molecule has 31 heavy (non-hydrogen) atoms. The van der Waals surface area contributed by atoms with Crippen LogP contribution in [0.15, 0.2) is 59.4 Å². The van der Waals surface area contributed by atoms with Crippen LogP contribution >= 0.6 is 11.3 Å². The second kappa shape index (κ2) is 8.77. The van der Waals surface area contributed by atoms with Gasteiger partial charge in [-0.05, 0) is 37.1 Å². The van der Waals surface area contributed by atoms with Crippen molar-refractivity contribution in [2.45, 2.75) is 25.4 Å². The number of rotatable bonds is 5. The Morgan fingerprint density at radius 1 is 1.26 bits per heavy atom. The number of amides is 2. The molecule has 2 N–H and O–H groups in total. The molecule has 0 radical (unpaired) electrons. The lowest BCUT2D eigenvalue weighted by atomic mass is 9.97. The number of ether oxygens (including phenoxy) is 1. The first-order valence-electron chi connectivity index (χ1n) is 10.3. The minimum Gasteiger partial charge on any atom is -0.487 e. The number of thiazole rings is 1. The van der Waals surface area contributed by atoms with Gasteiger partial charge in [-0.3, -0.25) is 0 Å². The maximum atomic E-state index is 12.9. The van der Waals surface area contributed by atoms with Crippen LogP contribution < -0.4 is 10.1 Å². The largest absolute Gasteiger partial charge is 0.487 e. The van der Waals surface area contributed by atoms with E-state index in [2.05, 4.69) is 15.3 Å². The summed E-state index contributed by atoms with van der Waals surface area (Å²) in [7, 11) is 0. The maximum Gasteiger partial charge on any atom is 0.321 e. The fourth-order valence-corrected chi connectivity index (χ4v) is 4.43. The van der Waals surface area contributed by atoms with E-state index in [9.17, 15) is 4.79 Å². The molecule has 158 valence electrons. The monoisotopic (exact) mass is 433 g/mol. The Hall–Kier alpha value is -3.39. The maximum absolute atomic E-state index is 12.9. The highest BCUT2D eigenvalue weighted by atomic mass is 32.1. The number of urea groups is 1. The number of fused-ring (bicyclic) bond motifs is 1. The number of aromatic nitrogens is 3. The van der Waals surface area contributed by atoms with E-state index >= 15 is 0 Å². The molecule has 1 aliphatic heterocycles. The third-order valence-corrected chi connectivity index (χ3v) is 6.09. The quantitative estimate of drug-likeness (QED) is 0.463. The molecule has 7 nitrogen and oxygen atoms in total. The molecule has 3 heterocycles. The van der Waals surface area contributed by atoms with E-state index in [1.165, 1.54) is 0 Å². The van der Waals surface area contributed by atoms with Gasteiger partial charge in [0.2, 0.25) is 0 Å². The summed E-state index contributed by atoms with van der Waals surface area (Å²) >= 11 is 1.54. The van der Waals surface area contributed by atoms with Crippen LogP contribution in [-0.4, -0.2) is 39.0 Å². The highest BCUT2D eigenvalue weighted by Gasteiger charge is 2.27. The number of hydrogen-bond donors (Lipinski definition) is 2. The van der Waals surface area contributed by atoms with Crippen molar-refractivity contribution in [3.63, 3.8) is 0 Å². The number of H-pyrrole nitrogens is 1. The molecule has 0 bridgehead atoms. The summed E-state index contributed by atoms with van der Waals surface area (Å²) in [5, 5.41) is 4.97. The summed E-state index contributed by atoms with van der Waals surface area (Å²) < 4.78 is 5.79. The van der Waals surface area contributed by atoms with Gasteiger partial charge < -0.3 is 19.9 Å². The SMILES string of the molecule is O=C(Nc1cccc(OCc2cscn2)c1)N1CCCC(c2nc3ccccc3[nH]2)C1. The predicted octanol–water partition coefficient (Wildman–Crippen LogP) is 5.01. The normalized spacial score (nSPS) is 16.4. The molecular formula is C23H23N5O2S. The lowest BCUT2D eigenvalue weighted by Crippen LogP contribution is -2.41. The Bertz CT molecular complexity index is 1140. The lowest BCUT2D eigenvalue weighted by molar-refractivity contribution is 0.191. The Balaban J connectivity index is 1.22. The van der Waals surface area contributed by atoms with Gasteiger partial charge in [0, 0.05) is 36.1 Å². The van der Waals surface area contributed by atoms with Gasteiger partial charge in [0.05, 0.1) is 22.2 Å². The van der Waals surface area contributed by atoms with Crippen LogP contribution in [0.3, 0.4) is 0 Å². The number of aromatic amines is 1. The van der Waals surface area contributed by atoms with Crippen molar-refractivity contribution in [3.8, 4) is 5.75 Å². The van der Waals surface area contributed by atoms with Crippen molar-refractivity contribution in [2.75, 3.05) is 18.4 Å². The summed E-state index contributed by atoms with van der Waals surface area (Å²) in [4.78, 5) is 27.1. The molecule has 1 unspecified atom stereocenters. The van der Waals surface area contributed by atoms with Crippen molar-refractivity contribution in [1.29, 1.82) is 0 Å². The number of benzene rings is 2.